The van der Waals surface area contributed by atoms with Crippen LogP contribution in [0.4, 0.5) is 4.39 Å². The summed E-state index contributed by atoms with van der Waals surface area (Å²) in [6.45, 7) is 1.10. The van der Waals surface area contributed by atoms with Gasteiger partial charge in [-0.25, -0.2) is 4.39 Å². The molecule has 0 aliphatic carbocycles. The summed E-state index contributed by atoms with van der Waals surface area (Å²) in [5.74, 6) is -0.496. The Hall–Kier alpha value is -2.98. The topological polar surface area (TPSA) is 32.3 Å². The molecule has 2 aliphatic rings. The lowest BCUT2D eigenvalue weighted by Gasteiger charge is -2.43. The number of piperidine rings is 1. The van der Waals surface area contributed by atoms with Gasteiger partial charge in [0.2, 0.25) is 5.67 Å². The van der Waals surface area contributed by atoms with Gasteiger partial charge in [0.25, 0.3) is 5.91 Å². The first-order valence-electron chi connectivity index (χ1n) is 11.5. The van der Waals surface area contributed by atoms with Crippen LogP contribution in [-0.4, -0.2) is 36.1 Å². The molecule has 0 spiro atoms. The fourth-order valence-corrected chi connectivity index (χ4v) is 5.44. The summed E-state index contributed by atoms with van der Waals surface area (Å²) >= 11 is 0. The first-order chi connectivity index (χ1) is 15.7. The van der Waals surface area contributed by atoms with E-state index in [-0.39, 0.29) is 18.5 Å². The number of alkyl halides is 1. The van der Waals surface area contributed by atoms with Crippen molar-refractivity contribution in [2.24, 2.45) is 0 Å². The number of carbonyl (C=O) groups is 1. The summed E-state index contributed by atoms with van der Waals surface area (Å²) in [7, 11) is 0. The average molecular weight is 429 g/mol. The zero-order valence-electron chi connectivity index (χ0n) is 18.2. The zero-order chi connectivity index (χ0) is 22.0. The van der Waals surface area contributed by atoms with E-state index in [4.69, 9.17) is 0 Å². The molecular weight excluding hydrogens is 399 g/mol. The molecule has 4 heteroatoms. The fourth-order valence-electron chi connectivity index (χ4n) is 5.44. The minimum Gasteiger partial charge on any atom is -0.333 e. The molecule has 5 rings (SSSR count). The maximum Gasteiger partial charge on any atom is 0.262 e. The second-order valence-electron chi connectivity index (χ2n) is 9.01. The van der Waals surface area contributed by atoms with E-state index in [9.17, 15) is 4.79 Å². The highest BCUT2D eigenvalue weighted by Crippen LogP contribution is 2.44. The Morgan fingerprint density at radius 1 is 0.844 bits per heavy atom. The molecule has 1 N–H and O–H groups in total. The van der Waals surface area contributed by atoms with Gasteiger partial charge in [-0.1, -0.05) is 91.0 Å². The van der Waals surface area contributed by atoms with Crippen LogP contribution in [0, 0.1) is 0 Å². The molecule has 0 bridgehead atoms. The molecule has 3 aromatic carbocycles. The SMILES string of the molecule is O=C(N1CCC(c2ccccc2)CC1c1ccccc1)[C@]1(F)CNC[C@H]1c1ccccc1. The molecule has 2 fully saturated rings. The lowest BCUT2D eigenvalue weighted by molar-refractivity contribution is -0.148. The van der Waals surface area contributed by atoms with Crippen LogP contribution in [0.15, 0.2) is 91.0 Å². The van der Waals surface area contributed by atoms with Gasteiger partial charge < -0.3 is 10.2 Å². The number of benzene rings is 3. The van der Waals surface area contributed by atoms with Crippen molar-refractivity contribution in [3.8, 4) is 0 Å². The molecule has 2 unspecified atom stereocenters. The summed E-state index contributed by atoms with van der Waals surface area (Å²) in [6, 6.07) is 30.1. The maximum atomic E-state index is 16.5. The van der Waals surface area contributed by atoms with Gasteiger partial charge in [-0.3, -0.25) is 4.79 Å². The number of nitrogens with zero attached hydrogens (tertiary/aromatic N) is 1. The van der Waals surface area contributed by atoms with Crippen molar-refractivity contribution >= 4 is 5.91 Å². The van der Waals surface area contributed by atoms with Gasteiger partial charge in [0.1, 0.15) is 0 Å². The number of amides is 1. The third-order valence-corrected chi connectivity index (χ3v) is 7.16. The highest BCUT2D eigenvalue weighted by molar-refractivity contribution is 5.88. The van der Waals surface area contributed by atoms with E-state index in [1.54, 1.807) is 0 Å². The molecule has 0 radical (unpaired) electrons. The van der Waals surface area contributed by atoms with Crippen LogP contribution in [0.2, 0.25) is 0 Å². The Balaban J connectivity index is 1.46. The molecule has 3 aromatic rings. The van der Waals surface area contributed by atoms with Gasteiger partial charge in [0, 0.05) is 25.6 Å². The lowest BCUT2D eigenvalue weighted by atomic mass is 9.80. The quantitative estimate of drug-likeness (QED) is 0.617. The van der Waals surface area contributed by atoms with Crippen LogP contribution in [0.1, 0.15) is 47.4 Å². The fraction of sp³-hybridized carbons (Fsp3) is 0.321. The van der Waals surface area contributed by atoms with E-state index < -0.39 is 11.6 Å². The van der Waals surface area contributed by atoms with Gasteiger partial charge in [0.05, 0.1) is 6.04 Å². The van der Waals surface area contributed by atoms with Crippen LogP contribution in [0.25, 0.3) is 0 Å². The van der Waals surface area contributed by atoms with E-state index in [2.05, 4.69) is 41.7 Å². The van der Waals surface area contributed by atoms with Crippen molar-refractivity contribution in [1.29, 1.82) is 0 Å². The lowest BCUT2D eigenvalue weighted by Crippen LogP contribution is -2.53. The van der Waals surface area contributed by atoms with Gasteiger partial charge in [0.15, 0.2) is 0 Å². The van der Waals surface area contributed by atoms with Crippen LogP contribution >= 0.6 is 0 Å². The summed E-state index contributed by atoms with van der Waals surface area (Å²) in [5.41, 5.74) is 1.31. The molecule has 4 atom stereocenters. The normalized spacial score (nSPS) is 27.9. The number of likely N-dealkylation sites (tertiary alicyclic amines) is 1. The molecule has 32 heavy (non-hydrogen) atoms. The standard InChI is InChI=1S/C28H29FN2O/c29-28(20-30-19-25(28)22-12-6-2-7-13-22)27(32)31-17-16-24(21-10-4-1-5-11-21)18-26(31)23-14-8-3-9-15-23/h1-15,24-26,30H,16-20H2/t24?,25-,26?,28-/m0/s1. The van der Waals surface area contributed by atoms with Crippen molar-refractivity contribution < 1.29 is 9.18 Å². The Kier molecular flexibility index (Phi) is 5.79. The minimum atomic E-state index is -1.94. The number of halogens is 1. The monoisotopic (exact) mass is 428 g/mol. The molecule has 0 saturated carbocycles. The highest BCUT2D eigenvalue weighted by Gasteiger charge is 2.53. The summed E-state index contributed by atoms with van der Waals surface area (Å²) in [5, 5.41) is 3.15. The molecule has 1 amide bonds. The van der Waals surface area contributed by atoms with Gasteiger partial charge in [-0.05, 0) is 35.4 Å². The molecule has 3 nitrogen and oxygen atoms in total. The first kappa shape index (κ1) is 20.9. The average Bonchev–Trinajstić information content (AvgIpc) is 3.27. The second-order valence-corrected chi connectivity index (χ2v) is 9.01. The smallest absolute Gasteiger partial charge is 0.262 e. The highest BCUT2D eigenvalue weighted by atomic mass is 19.1. The maximum absolute atomic E-state index is 16.5. The predicted molar refractivity (Wildman–Crippen MR) is 125 cm³/mol. The molecule has 0 aromatic heterocycles. The Morgan fingerprint density at radius 2 is 1.41 bits per heavy atom. The van der Waals surface area contributed by atoms with Crippen LogP contribution in [-0.2, 0) is 4.79 Å². The molecule has 2 saturated heterocycles. The van der Waals surface area contributed by atoms with Crippen molar-refractivity contribution in [2.45, 2.75) is 36.4 Å². The summed E-state index contributed by atoms with van der Waals surface area (Å²) in [4.78, 5) is 15.7. The summed E-state index contributed by atoms with van der Waals surface area (Å²) < 4.78 is 16.5. The van der Waals surface area contributed by atoms with Crippen molar-refractivity contribution in [3.63, 3.8) is 0 Å². The molecular formula is C28H29FN2O. The van der Waals surface area contributed by atoms with Crippen LogP contribution < -0.4 is 5.32 Å². The third kappa shape index (κ3) is 3.84. The third-order valence-electron chi connectivity index (χ3n) is 7.16. The number of rotatable bonds is 4. The Morgan fingerprint density at radius 3 is 2.03 bits per heavy atom. The van der Waals surface area contributed by atoms with E-state index in [0.717, 1.165) is 24.0 Å². The first-order valence-corrected chi connectivity index (χ1v) is 11.5. The Bertz CT molecular complexity index is 1040. The minimum absolute atomic E-state index is 0.0610. The van der Waals surface area contributed by atoms with Crippen molar-refractivity contribution in [2.75, 3.05) is 19.6 Å². The van der Waals surface area contributed by atoms with E-state index in [0.29, 0.717) is 19.0 Å². The van der Waals surface area contributed by atoms with E-state index in [1.807, 2.05) is 59.5 Å². The van der Waals surface area contributed by atoms with Crippen molar-refractivity contribution in [3.05, 3.63) is 108 Å². The van der Waals surface area contributed by atoms with Gasteiger partial charge in [-0.2, -0.15) is 0 Å². The van der Waals surface area contributed by atoms with Crippen LogP contribution in [0.5, 0.6) is 0 Å². The Labute approximate surface area is 189 Å². The summed E-state index contributed by atoms with van der Waals surface area (Å²) in [6.07, 6.45) is 1.65. The number of hydrogen-bond acceptors (Lipinski definition) is 2. The van der Waals surface area contributed by atoms with Gasteiger partial charge >= 0.3 is 0 Å². The largest absolute Gasteiger partial charge is 0.333 e. The van der Waals surface area contributed by atoms with E-state index >= 15 is 4.39 Å². The zero-order valence-corrected chi connectivity index (χ0v) is 18.2. The number of carbonyl (C=O) groups excluding carboxylic acids is 1. The molecule has 2 aliphatic heterocycles. The van der Waals surface area contributed by atoms with Crippen molar-refractivity contribution in [1.82, 2.24) is 10.2 Å². The number of nitrogens with one attached hydrogen (secondary N) is 1. The number of hydrogen-bond donors (Lipinski definition) is 1. The molecule has 2 heterocycles. The molecule has 164 valence electrons. The van der Waals surface area contributed by atoms with Crippen LogP contribution in [0.3, 0.4) is 0 Å². The predicted octanol–water partition coefficient (Wildman–Crippen LogP) is 5.23. The van der Waals surface area contributed by atoms with Gasteiger partial charge in [-0.15, -0.1) is 0 Å². The second kappa shape index (κ2) is 8.87. The van der Waals surface area contributed by atoms with E-state index in [1.165, 1.54) is 5.56 Å².